The molecule has 0 amide bonds. The van der Waals surface area contributed by atoms with Gasteiger partial charge in [0.2, 0.25) is 0 Å². The first kappa shape index (κ1) is 11.4. The quantitative estimate of drug-likeness (QED) is 0.801. The van der Waals surface area contributed by atoms with Crippen LogP contribution in [0.1, 0.15) is 32.5 Å². The molecule has 2 atom stereocenters. The summed E-state index contributed by atoms with van der Waals surface area (Å²) < 4.78 is 4.52. The molecular weight excluding hydrogens is 206 g/mol. The van der Waals surface area contributed by atoms with Crippen LogP contribution in [0.25, 0.3) is 0 Å². The van der Waals surface area contributed by atoms with E-state index in [0.717, 1.165) is 12.8 Å². The van der Waals surface area contributed by atoms with Crippen LogP contribution in [0.2, 0.25) is 0 Å². The van der Waals surface area contributed by atoms with E-state index < -0.39 is 5.76 Å². The maximum absolute atomic E-state index is 10.9. The number of hydrogen-bond donors (Lipinski definition) is 2. The highest BCUT2D eigenvalue weighted by Crippen LogP contribution is 2.46. The third-order valence-electron chi connectivity index (χ3n) is 3.94. The van der Waals surface area contributed by atoms with Gasteiger partial charge < -0.3 is 5.73 Å². The third-order valence-corrected chi connectivity index (χ3v) is 3.94. The molecule has 0 unspecified atom stereocenters. The van der Waals surface area contributed by atoms with E-state index in [1.54, 1.807) is 0 Å². The van der Waals surface area contributed by atoms with Crippen LogP contribution >= 0.6 is 0 Å². The molecule has 1 heterocycles. The van der Waals surface area contributed by atoms with Gasteiger partial charge in [-0.2, -0.15) is 0 Å². The fourth-order valence-corrected chi connectivity index (χ4v) is 2.93. The van der Waals surface area contributed by atoms with E-state index in [-0.39, 0.29) is 5.41 Å². The van der Waals surface area contributed by atoms with Crippen LogP contribution in [0.5, 0.6) is 0 Å². The SMILES string of the molecule is C[C@@H]1CC(CN)(Cc2noc(=O)[nH]2)C[C@H]1C. The van der Waals surface area contributed by atoms with E-state index >= 15 is 0 Å². The molecule has 16 heavy (non-hydrogen) atoms. The summed E-state index contributed by atoms with van der Waals surface area (Å²) >= 11 is 0. The number of nitrogens with zero attached hydrogens (tertiary/aromatic N) is 1. The lowest BCUT2D eigenvalue weighted by atomic mass is 9.81. The first-order chi connectivity index (χ1) is 7.54. The standard InChI is InChI=1S/C11H19N3O2/c1-7-3-11(6-12,4-8(7)2)5-9-13-10(15)16-14-9/h7-8H,3-6,12H2,1-2H3,(H,13,14,15)/t7-,8-/m1/s1. The van der Waals surface area contributed by atoms with Gasteiger partial charge in [0, 0.05) is 6.42 Å². The number of aromatic amines is 1. The smallest absolute Gasteiger partial charge is 0.330 e. The lowest BCUT2D eigenvalue weighted by Crippen LogP contribution is -2.31. The Bertz CT molecular complexity index is 399. The molecule has 90 valence electrons. The van der Waals surface area contributed by atoms with Gasteiger partial charge in [-0.1, -0.05) is 19.0 Å². The highest BCUT2D eigenvalue weighted by Gasteiger charge is 2.41. The summed E-state index contributed by atoms with van der Waals surface area (Å²) in [4.78, 5) is 13.5. The van der Waals surface area contributed by atoms with E-state index in [4.69, 9.17) is 5.73 Å². The zero-order valence-electron chi connectivity index (χ0n) is 9.82. The molecule has 1 fully saturated rings. The van der Waals surface area contributed by atoms with Gasteiger partial charge in [-0.15, -0.1) is 0 Å². The van der Waals surface area contributed by atoms with Crippen molar-refractivity contribution in [2.45, 2.75) is 33.1 Å². The predicted octanol–water partition coefficient (Wildman–Crippen LogP) is 0.916. The van der Waals surface area contributed by atoms with Crippen LogP contribution < -0.4 is 11.5 Å². The minimum atomic E-state index is -0.485. The van der Waals surface area contributed by atoms with Crippen LogP contribution in [0.15, 0.2) is 9.32 Å². The Labute approximate surface area is 94.4 Å². The fraction of sp³-hybridized carbons (Fsp3) is 0.818. The van der Waals surface area contributed by atoms with Crippen LogP contribution in [0.4, 0.5) is 0 Å². The van der Waals surface area contributed by atoms with Crippen LogP contribution in [0, 0.1) is 17.3 Å². The van der Waals surface area contributed by atoms with E-state index in [2.05, 4.69) is 28.5 Å². The molecule has 0 aromatic carbocycles. The minimum absolute atomic E-state index is 0.0820. The molecule has 0 radical (unpaired) electrons. The van der Waals surface area contributed by atoms with Gasteiger partial charge in [-0.05, 0) is 36.6 Å². The molecule has 5 nitrogen and oxygen atoms in total. The fourth-order valence-electron chi connectivity index (χ4n) is 2.93. The molecule has 2 rings (SSSR count). The molecule has 0 bridgehead atoms. The Morgan fingerprint density at radius 2 is 2.12 bits per heavy atom. The van der Waals surface area contributed by atoms with Crippen molar-refractivity contribution in [2.24, 2.45) is 23.0 Å². The van der Waals surface area contributed by atoms with Gasteiger partial charge in [0.25, 0.3) is 0 Å². The van der Waals surface area contributed by atoms with Crippen molar-refractivity contribution in [2.75, 3.05) is 6.54 Å². The number of nitrogens with two attached hydrogens (primary N) is 1. The second kappa shape index (κ2) is 4.05. The summed E-state index contributed by atoms with van der Waals surface area (Å²) in [5, 5.41) is 3.72. The van der Waals surface area contributed by atoms with Gasteiger partial charge >= 0.3 is 5.76 Å². The van der Waals surface area contributed by atoms with Gasteiger partial charge in [0.15, 0.2) is 5.82 Å². The number of hydrogen-bond acceptors (Lipinski definition) is 4. The molecule has 1 aromatic heterocycles. The molecular formula is C11H19N3O2. The second-order valence-electron chi connectivity index (χ2n) is 5.29. The number of H-pyrrole nitrogens is 1. The molecule has 1 saturated carbocycles. The molecule has 5 heteroatoms. The van der Waals surface area contributed by atoms with E-state index in [1.807, 2.05) is 0 Å². The summed E-state index contributed by atoms with van der Waals surface area (Å²) in [5.41, 5.74) is 5.98. The number of aromatic nitrogens is 2. The van der Waals surface area contributed by atoms with E-state index in [9.17, 15) is 4.79 Å². The Morgan fingerprint density at radius 1 is 1.50 bits per heavy atom. The minimum Gasteiger partial charge on any atom is -0.330 e. The van der Waals surface area contributed by atoms with Crippen molar-refractivity contribution in [3.05, 3.63) is 16.4 Å². The van der Waals surface area contributed by atoms with Crippen LogP contribution in [-0.4, -0.2) is 16.7 Å². The predicted molar refractivity (Wildman–Crippen MR) is 59.9 cm³/mol. The normalized spacial score (nSPS) is 28.4. The first-order valence-electron chi connectivity index (χ1n) is 5.79. The van der Waals surface area contributed by atoms with Gasteiger partial charge in [-0.3, -0.25) is 9.51 Å². The van der Waals surface area contributed by atoms with Gasteiger partial charge in [0.05, 0.1) is 0 Å². The monoisotopic (exact) mass is 225 g/mol. The molecule has 1 aliphatic rings. The molecule has 1 aliphatic carbocycles. The zero-order valence-corrected chi connectivity index (χ0v) is 9.82. The van der Waals surface area contributed by atoms with Crippen LogP contribution in [0.3, 0.4) is 0 Å². The maximum Gasteiger partial charge on any atom is 0.438 e. The van der Waals surface area contributed by atoms with Crippen molar-refractivity contribution < 1.29 is 4.52 Å². The Morgan fingerprint density at radius 3 is 2.56 bits per heavy atom. The lowest BCUT2D eigenvalue weighted by Gasteiger charge is -2.26. The molecule has 0 saturated heterocycles. The average molecular weight is 225 g/mol. The Balaban J connectivity index is 2.14. The molecule has 0 spiro atoms. The van der Waals surface area contributed by atoms with Crippen molar-refractivity contribution in [1.29, 1.82) is 0 Å². The molecule has 3 N–H and O–H groups in total. The van der Waals surface area contributed by atoms with Gasteiger partial charge in [-0.25, -0.2) is 4.79 Å². The van der Waals surface area contributed by atoms with Crippen molar-refractivity contribution in [3.8, 4) is 0 Å². The van der Waals surface area contributed by atoms with Crippen molar-refractivity contribution in [1.82, 2.24) is 10.1 Å². The Hall–Kier alpha value is -1.10. The average Bonchev–Trinajstić information content (AvgIpc) is 2.74. The molecule has 1 aromatic rings. The number of nitrogens with one attached hydrogen (secondary N) is 1. The summed E-state index contributed by atoms with van der Waals surface area (Å²) in [5.74, 6) is 1.50. The summed E-state index contributed by atoms with van der Waals surface area (Å²) in [6.07, 6.45) is 2.91. The van der Waals surface area contributed by atoms with Gasteiger partial charge in [0.1, 0.15) is 0 Å². The maximum atomic E-state index is 10.9. The summed E-state index contributed by atoms with van der Waals surface area (Å²) in [7, 11) is 0. The first-order valence-corrected chi connectivity index (χ1v) is 5.79. The Kier molecular flexibility index (Phi) is 2.88. The topological polar surface area (TPSA) is 84.9 Å². The number of rotatable bonds is 3. The third kappa shape index (κ3) is 2.04. The lowest BCUT2D eigenvalue weighted by molar-refractivity contribution is 0.279. The highest BCUT2D eigenvalue weighted by molar-refractivity contribution is 4.98. The largest absolute Gasteiger partial charge is 0.438 e. The van der Waals surface area contributed by atoms with E-state index in [1.165, 1.54) is 0 Å². The van der Waals surface area contributed by atoms with Crippen molar-refractivity contribution >= 4 is 0 Å². The summed E-state index contributed by atoms with van der Waals surface area (Å²) in [6, 6.07) is 0. The summed E-state index contributed by atoms with van der Waals surface area (Å²) in [6.45, 7) is 5.15. The van der Waals surface area contributed by atoms with Crippen molar-refractivity contribution in [3.63, 3.8) is 0 Å². The highest BCUT2D eigenvalue weighted by atomic mass is 16.5. The molecule has 0 aliphatic heterocycles. The second-order valence-corrected chi connectivity index (χ2v) is 5.29. The zero-order chi connectivity index (χ0) is 11.8. The van der Waals surface area contributed by atoms with E-state index in [0.29, 0.717) is 30.6 Å². The van der Waals surface area contributed by atoms with Crippen LogP contribution in [-0.2, 0) is 6.42 Å².